The molecule has 202 valence electrons. The largest absolute Gasteiger partial charge is 0.469 e. The Morgan fingerprint density at radius 1 is 1.05 bits per heavy atom. The van der Waals surface area contributed by atoms with Gasteiger partial charge in [0.25, 0.3) is 5.91 Å². The summed E-state index contributed by atoms with van der Waals surface area (Å²) in [4.78, 5) is 37.0. The number of amides is 2. The number of nitrogens with zero attached hydrogens (tertiary/aromatic N) is 2. The molecule has 2 aliphatic rings. The molecule has 2 amide bonds. The molecule has 1 N–H and O–H groups in total. The number of hydrazone groups is 1. The molecule has 2 aromatic rings. The van der Waals surface area contributed by atoms with E-state index < -0.39 is 0 Å². The molecule has 4 rings (SSSR count). The number of carbonyl (C=O) groups is 3. The third kappa shape index (κ3) is 7.43. The van der Waals surface area contributed by atoms with Crippen LogP contribution in [0.4, 0.5) is 0 Å². The van der Waals surface area contributed by atoms with Crippen LogP contribution < -0.4 is 5.32 Å². The van der Waals surface area contributed by atoms with Gasteiger partial charge in [-0.15, -0.1) is 5.10 Å². The van der Waals surface area contributed by atoms with Crippen LogP contribution in [0.3, 0.4) is 0 Å². The average molecular weight is 520 g/mol. The molecule has 0 radical (unpaired) electrons. The number of hydrogen-bond donors (Lipinski definition) is 1. The number of rotatable bonds is 12. The van der Waals surface area contributed by atoms with Gasteiger partial charge in [0.1, 0.15) is 0 Å². The number of benzene rings is 2. The predicted octanol–water partition coefficient (Wildman–Crippen LogP) is 4.53. The highest BCUT2D eigenvalue weighted by molar-refractivity contribution is 5.97. The van der Waals surface area contributed by atoms with Gasteiger partial charge < -0.3 is 14.8 Å². The van der Waals surface area contributed by atoms with Gasteiger partial charge in [0.05, 0.1) is 19.6 Å². The molecule has 1 saturated carbocycles. The van der Waals surface area contributed by atoms with Crippen LogP contribution in [-0.4, -0.2) is 49.0 Å². The summed E-state index contributed by atoms with van der Waals surface area (Å²) in [6.45, 7) is 0.894. The smallest absolute Gasteiger partial charge is 0.305 e. The monoisotopic (exact) mass is 519 g/mol. The van der Waals surface area contributed by atoms with Crippen LogP contribution in [0.2, 0.25) is 0 Å². The van der Waals surface area contributed by atoms with Gasteiger partial charge in [-0.2, -0.15) is 0 Å². The van der Waals surface area contributed by atoms with Gasteiger partial charge in [0.2, 0.25) is 11.8 Å². The van der Waals surface area contributed by atoms with Crippen molar-refractivity contribution >= 4 is 23.7 Å². The van der Waals surface area contributed by atoms with Crippen LogP contribution in [0.5, 0.6) is 0 Å². The number of ether oxygens (including phenoxy) is 2. The minimum Gasteiger partial charge on any atom is -0.469 e. The van der Waals surface area contributed by atoms with Crippen LogP contribution in [0.1, 0.15) is 74.0 Å². The topological polar surface area (TPSA) is 97.3 Å². The van der Waals surface area contributed by atoms with E-state index in [1.807, 2.05) is 54.6 Å². The number of carbonyl (C=O) groups excluding carboxylic acids is 3. The number of hydrogen-bond acceptors (Lipinski definition) is 6. The van der Waals surface area contributed by atoms with Gasteiger partial charge in [-0.25, -0.2) is 5.01 Å². The molecule has 8 nitrogen and oxygen atoms in total. The number of nitrogens with one attached hydrogen (secondary N) is 1. The van der Waals surface area contributed by atoms with E-state index in [1.54, 1.807) is 0 Å². The van der Waals surface area contributed by atoms with E-state index in [-0.39, 0.29) is 30.3 Å². The van der Waals surface area contributed by atoms with E-state index in [2.05, 4.69) is 15.2 Å². The van der Waals surface area contributed by atoms with Crippen LogP contribution in [0.15, 0.2) is 59.7 Å². The lowest BCUT2D eigenvalue weighted by Crippen LogP contribution is -2.36. The molecule has 1 fully saturated rings. The molecule has 1 aliphatic heterocycles. The SMILES string of the molecule is COC(=O)CCCCCNC(=O)C(c1ccc(CN2N=C(c3ccccc3)OCC2=O)cc1)C1CCCC1. The van der Waals surface area contributed by atoms with Crippen LogP contribution in [-0.2, 0) is 30.4 Å². The van der Waals surface area contributed by atoms with Crippen molar-refractivity contribution < 1.29 is 23.9 Å². The Labute approximate surface area is 224 Å². The van der Waals surface area contributed by atoms with E-state index in [4.69, 9.17) is 4.74 Å². The molecule has 38 heavy (non-hydrogen) atoms. The Morgan fingerprint density at radius 3 is 2.50 bits per heavy atom. The summed E-state index contributed by atoms with van der Waals surface area (Å²) in [6.07, 6.45) is 7.29. The third-order valence-electron chi connectivity index (χ3n) is 7.26. The Morgan fingerprint density at radius 2 is 1.79 bits per heavy atom. The van der Waals surface area contributed by atoms with Gasteiger partial charge in [-0.05, 0) is 54.9 Å². The van der Waals surface area contributed by atoms with E-state index >= 15 is 0 Å². The fourth-order valence-electron chi connectivity index (χ4n) is 5.17. The molecule has 2 aromatic carbocycles. The van der Waals surface area contributed by atoms with Crippen molar-refractivity contribution in [3.63, 3.8) is 0 Å². The molecule has 0 bridgehead atoms. The maximum absolute atomic E-state index is 13.3. The Kier molecular flexibility index (Phi) is 9.90. The standard InChI is InChI=1S/C30H37N3O5/c1-37-27(35)14-6-3-9-19-31-29(36)28(23-10-7-8-11-23)24-17-15-22(16-18-24)20-33-26(34)21-38-30(32-33)25-12-4-2-5-13-25/h2,4-5,12-13,15-18,23,28H,3,6-11,14,19-21H2,1H3,(H,31,36). The second kappa shape index (κ2) is 13.7. The molecule has 1 unspecified atom stereocenters. The molecule has 1 heterocycles. The molecule has 1 atom stereocenters. The highest BCUT2D eigenvalue weighted by Gasteiger charge is 2.32. The molecular formula is C30H37N3O5. The normalized spacial score (nSPS) is 16.5. The third-order valence-corrected chi connectivity index (χ3v) is 7.26. The number of methoxy groups -OCH3 is 1. The van der Waals surface area contributed by atoms with E-state index in [9.17, 15) is 14.4 Å². The van der Waals surface area contributed by atoms with Crippen molar-refractivity contribution in [2.24, 2.45) is 11.0 Å². The summed E-state index contributed by atoms with van der Waals surface area (Å²) >= 11 is 0. The summed E-state index contributed by atoms with van der Waals surface area (Å²) < 4.78 is 10.2. The van der Waals surface area contributed by atoms with Crippen LogP contribution in [0, 0.1) is 5.92 Å². The maximum Gasteiger partial charge on any atom is 0.305 e. The minimum absolute atomic E-state index is 0.0432. The van der Waals surface area contributed by atoms with Crippen molar-refractivity contribution in [3.05, 3.63) is 71.3 Å². The Balaban J connectivity index is 1.37. The minimum atomic E-state index is -0.194. The second-order valence-corrected chi connectivity index (χ2v) is 9.95. The van der Waals surface area contributed by atoms with E-state index in [0.29, 0.717) is 31.3 Å². The first kappa shape index (κ1) is 27.4. The van der Waals surface area contributed by atoms with Crippen molar-refractivity contribution in [2.75, 3.05) is 20.3 Å². The van der Waals surface area contributed by atoms with E-state index in [0.717, 1.165) is 61.6 Å². The Bertz CT molecular complexity index is 1110. The quantitative estimate of drug-likeness (QED) is 0.328. The molecule has 0 saturated heterocycles. The molecule has 0 spiro atoms. The molecule has 1 aliphatic carbocycles. The lowest BCUT2D eigenvalue weighted by molar-refractivity contribution is -0.140. The zero-order valence-electron chi connectivity index (χ0n) is 22.1. The molecular weight excluding hydrogens is 482 g/mol. The average Bonchev–Trinajstić information content (AvgIpc) is 3.47. The summed E-state index contributed by atoms with van der Waals surface area (Å²) in [5.41, 5.74) is 2.77. The zero-order valence-corrected chi connectivity index (χ0v) is 22.1. The fourth-order valence-corrected chi connectivity index (χ4v) is 5.17. The van der Waals surface area contributed by atoms with Crippen LogP contribution >= 0.6 is 0 Å². The molecule has 0 aromatic heterocycles. The first-order valence-corrected chi connectivity index (χ1v) is 13.6. The summed E-state index contributed by atoms with van der Waals surface area (Å²) in [6, 6.07) is 17.5. The van der Waals surface area contributed by atoms with Gasteiger partial charge in [-0.1, -0.05) is 61.7 Å². The zero-order chi connectivity index (χ0) is 26.7. The highest BCUT2D eigenvalue weighted by Crippen LogP contribution is 2.37. The van der Waals surface area contributed by atoms with Crippen molar-refractivity contribution in [1.29, 1.82) is 0 Å². The lowest BCUT2D eigenvalue weighted by Gasteiger charge is -2.25. The predicted molar refractivity (Wildman–Crippen MR) is 144 cm³/mol. The highest BCUT2D eigenvalue weighted by atomic mass is 16.5. The lowest BCUT2D eigenvalue weighted by atomic mass is 9.83. The molecule has 8 heteroatoms. The summed E-state index contributed by atoms with van der Waals surface area (Å²) in [7, 11) is 1.40. The van der Waals surface area contributed by atoms with E-state index in [1.165, 1.54) is 12.1 Å². The van der Waals surface area contributed by atoms with Crippen molar-refractivity contribution in [2.45, 2.75) is 63.8 Å². The Hall–Kier alpha value is -3.68. The van der Waals surface area contributed by atoms with Crippen LogP contribution in [0.25, 0.3) is 0 Å². The summed E-state index contributed by atoms with van der Waals surface area (Å²) in [5, 5.41) is 9.01. The first-order chi connectivity index (χ1) is 18.5. The van der Waals surface area contributed by atoms with Crippen molar-refractivity contribution in [3.8, 4) is 0 Å². The van der Waals surface area contributed by atoms with Crippen molar-refractivity contribution in [1.82, 2.24) is 10.3 Å². The maximum atomic E-state index is 13.3. The number of unbranched alkanes of at least 4 members (excludes halogenated alkanes) is 2. The first-order valence-electron chi connectivity index (χ1n) is 13.6. The number of esters is 1. The fraction of sp³-hybridized carbons (Fsp3) is 0.467. The van der Waals surface area contributed by atoms with Gasteiger partial charge in [0, 0.05) is 18.5 Å². The van der Waals surface area contributed by atoms with Gasteiger partial charge in [-0.3, -0.25) is 14.4 Å². The van der Waals surface area contributed by atoms with Gasteiger partial charge >= 0.3 is 5.97 Å². The van der Waals surface area contributed by atoms with Gasteiger partial charge in [0.15, 0.2) is 6.61 Å². The summed E-state index contributed by atoms with van der Waals surface area (Å²) in [5.74, 6) is 0.264. The second-order valence-electron chi connectivity index (χ2n) is 9.95.